The normalized spacial score (nSPS) is 21.0. The number of cyclic esters (lactones) is 1. The van der Waals surface area contributed by atoms with Crippen molar-refractivity contribution in [1.29, 1.82) is 0 Å². The lowest BCUT2D eigenvalue weighted by Crippen LogP contribution is -2.18. The third-order valence-corrected chi connectivity index (χ3v) is 2.48. The second kappa shape index (κ2) is 4.09. The fourth-order valence-corrected chi connectivity index (χ4v) is 1.78. The molecule has 1 fully saturated rings. The minimum Gasteiger partial charge on any atom is -0.454 e. The van der Waals surface area contributed by atoms with Crippen LogP contribution < -0.4 is 14.8 Å². The predicted octanol–water partition coefficient (Wildman–Crippen LogP) is 1.62. The number of benzene rings is 1. The van der Waals surface area contributed by atoms with E-state index < -0.39 is 6.09 Å². The van der Waals surface area contributed by atoms with Gasteiger partial charge in [0.2, 0.25) is 6.79 Å². The summed E-state index contributed by atoms with van der Waals surface area (Å²) in [5.41, 5.74) is 0.899. The van der Waals surface area contributed by atoms with E-state index in [9.17, 15) is 4.79 Å². The largest absolute Gasteiger partial charge is 0.454 e. The van der Waals surface area contributed by atoms with Gasteiger partial charge in [0.15, 0.2) is 11.5 Å². The van der Waals surface area contributed by atoms with Gasteiger partial charge in [0.25, 0.3) is 0 Å². The molecule has 1 aromatic rings. The van der Waals surface area contributed by atoms with Gasteiger partial charge in [0.1, 0.15) is 6.61 Å². The summed E-state index contributed by atoms with van der Waals surface area (Å²) >= 11 is 0. The van der Waals surface area contributed by atoms with Gasteiger partial charge in [-0.15, -0.1) is 12.4 Å². The Kier molecular flexibility index (Phi) is 2.78. The molecule has 1 atom stereocenters. The molecule has 0 aliphatic carbocycles. The molecule has 0 unspecified atom stereocenters. The van der Waals surface area contributed by atoms with Crippen molar-refractivity contribution < 1.29 is 19.0 Å². The summed E-state index contributed by atoms with van der Waals surface area (Å²) in [6.07, 6.45) is -0.392. The van der Waals surface area contributed by atoms with E-state index in [0.717, 1.165) is 5.56 Å². The second-order valence-electron chi connectivity index (χ2n) is 3.38. The Bertz CT molecular complexity index is 423. The van der Waals surface area contributed by atoms with Crippen LogP contribution in [0, 0.1) is 0 Å². The quantitative estimate of drug-likeness (QED) is 0.814. The molecular weight excluding hydrogens is 234 g/mol. The van der Waals surface area contributed by atoms with E-state index in [0.29, 0.717) is 18.1 Å². The van der Waals surface area contributed by atoms with Crippen molar-refractivity contribution in [2.24, 2.45) is 0 Å². The minimum atomic E-state index is -0.392. The second-order valence-corrected chi connectivity index (χ2v) is 3.38. The highest BCUT2D eigenvalue weighted by molar-refractivity contribution is 5.85. The van der Waals surface area contributed by atoms with Gasteiger partial charge in [0.05, 0.1) is 6.04 Å². The number of hydrogen-bond acceptors (Lipinski definition) is 4. The molecule has 0 saturated carbocycles. The highest BCUT2D eigenvalue weighted by Gasteiger charge is 2.29. The summed E-state index contributed by atoms with van der Waals surface area (Å²) in [5, 5.41) is 2.70. The van der Waals surface area contributed by atoms with Gasteiger partial charge in [-0.1, -0.05) is 12.1 Å². The molecule has 5 nitrogen and oxygen atoms in total. The molecule has 1 N–H and O–H groups in total. The van der Waals surface area contributed by atoms with E-state index in [2.05, 4.69) is 5.32 Å². The number of carbonyl (C=O) groups is 1. The summed E-state index contributed by atoms with van der Waals surface area (Å²) in [5.74, 6) is 1.42. The van der Waals surface area contributed by atoms with E-state index in [1.165, 1.54) is 0 Å². The minimum absolute atomic E-state index is 0. The van der Waals surface area contributed by atoms with Crippen LogP contribution in [0.2, 0.25) is 0 Å². The third kappa shape index (κ3) is 1.63. The molecule has 1 aromatic carbocycles. The van der Waals surface area contributed by atoms with E-state index in [1.807, 2.05) is 18.2 Å². The number of rotatable bonds is 1. The number of alkyl carbamates (subject to hydrolysis) is 1. The Morgan fingerprint density at radius 3 is 2.88 bits per heavy atom. The van der Waals surface area contributed by atoms with Crippen molar-refractivity contribution in [2.45, 2.75) is 6.04 Å². The Morgan fingerprint density at radius 1 is 1.25 bits per heavy atom. The summed E-state index contributed by atoms with van der Waals surface area (Å²) in [7, 11) is 0. The van der Waals surface area contributed by atoms with E-state index >= 15 is 0 Å². The Hall–Kier alpha value is -1.62. The molecule has 0 aromatic heterocycles. The van der Waals surface area contributed by atoms with Crippen molar-refractivity contribution in [3.05, 3.63) is 23.8 Å². The Balaban J connectivity index is 0.000000963. The van der Waals surface area contributed by atoms with Crippen molar-refractivity contribution in [3.8, 4) is 11.5 Å². The number of nitrogens with one attached hydrogen (secondary N) is 1. The molecule has 0 radical (unpaired) electrons. The van der Waals surface area contributed by atoms with E-state index in [1.54, 1.807) is 0 Å². The van der Waals surface area contributed by atoms with Gasteiger partial charge >= 0.3 is 6.09 Å². The predicted molar refractivity (Wildman–Crippen MR) is 57.0 cm³/mol. The highest BCUT2D eigenvalue weighted by atomic mass is 35.5. The lowest BCUT2D eigenvalue weighted by Gasteiger charge is -2.10. The molecule has 6 heteroatoms. The van der Waals surface area contributed by atoms with Gasteiger partial charge in [-0.3, -0.25) is 0 Å². The van der Waals surface area contributed by atoms with Crippen LogP contribution >= 0.6 is 12.4 Å². The first kappa shape index (κ1) is 10.9. The van der Waals surface area contributed by atoms with Crippen LogP contribution in [0.4, 0.5) is 4.79 Å². The summed E-state index contributed by atoms with van der Waals surface area (Å²) in [6.45, 7) is 0.562. The lowest BCUT2D eigenvalue weighted by atomic mass is 10.1. The van der Waals surface area contributed by atoms with Crippen LogP contribution in [-0.4, -0.2) is 19.5 Å². The smallest absolute Gasteiger partial charge is 0.407 e. The first-order valence-electron chi connectivity index (χ1n) is 4.66. The zero-order valence-electron chi connectivity index (χ0n) is 8.26. The number of ether oxygens (including phenoxy) is 3. The van der Waals surface area contributed by atoms with Crippen molar-refractivity contribution in [3.63, 3.8) is 0 Å². The van der Waals surface area contributed by atoms with Crippen LogP contribution in [0.3, 0.4) is 0 Å². The molecule has 2 heterocycles. The maximum absolute atomic E-state index is 10.9. The molecule has 3 rings (SSSR count). The zero-order valence-corrected chi connectivity index (χ0v) is 9.08. The molecular formula is C10H10ClNO4. The van der Waals surface area contributed by atoms with Crippen molar-refractivity contribution >= 4 is 18.5 Å². The van der Waals surface area contributed by atoms with Crippen LogP contribution in [-0.2, 0) is 4.74 Å². The van der Waals surface area contributed by atoms with Crippen LogP contribution in [0.1, 0.15) is 11.6 Å². The van der Waals surface area contributed by atoms with Crippen LogP contribution in [0.25, 0.3) is 0 Å². The fraction of sp³-hybridized carbons (Fsp3) is 0.300. The number of halogens is 1. The summed E-state index contributed by atoms with van der Waals surface area (Å²) in [6, 6.07) is 5.46. The lowest BCUT2D eigenvalue weighted by molar-refractivity contribution is 0.171. The Labute approximate surface area is 98.1 Å². The molecule has 1 saturated heterocycles. The molecule has 86 valence electrons. The average molecular weight is 244 g/mol. The van der Waals surface area contributed by atoms with Gasteiger partial charge in [-0.05, 0) is 6.07 Å². The number of fused-ring (bicyclic) bond motifs is 1. The van der Waals surface area contributed by atoms with E-state index in [4.69, 9.17) is 14.2 Å². The maximum atomic E-state index is 10.9. The molecule has 2 aliphatic rings. The van der Waals surface area contributed by atoms with Crippen molar-refractivity contribution in [2.75, 3.05) is 13.4 Å². The molecule has 1 amide bonds. The number of amides is 1. The summed E-state index contributed by atoms with van der Waals surface area (Å²) in [4.78, 5) is 10.9. The standard InChI is InChI=1S/C10H9NO4.ClH/c12-10-11-7(4-13-10)6-2-1-3-8-9(6)15-5-14-8;/h1-3,7H,4-5H2,(H,11,12);1H/t7-;/m0./s1. The average Bonchev–Trinajstić information content (AvgIpc) is 2.84. The molecule has 0 spiro atoms. The first-order valence-corrected chi connectivity index (χ1v) is 4.66. The molecule has 16 heavy (non-hydrogen) atoms. The zero-order chi connectivity index (χ0) is 10.3. The first-order chi connectivity index (χ1) is 7.34. The Morgan fingerprint density at radius 2 is 2.12 bits per heavy atom. The van der Waals surface area contributed by atoms with Gasteiger partial charge in [-0.25, -0.2) is 4.79 Å². The number of hydrogen-bond donors (Lipinski definition) is 1. The molecule has 0 bridgehead atoms. The number of carbonyl (C=O) groups excluding carboxylic acids is 1. The third-order valence-electron chi connectivity index (χ3n) is 2.48. The summed E-state index contributed by atoms with van der Waals surface area (Å²) < 4.78 is 15.4. The SMILES string of the molecule is Cl.O=C1N[C@H](c2cccc3c2OCO3)CO1. The number of para-hydroxylation sites is 1. The highest BCUT2D eigenvalue weighted by Crippen LogP contribution is 2.39. The molecule has 2 aliphatic heterocycles. The van der Waals surface area contributed by atoms with Gasteiger partial charge < -0.3 is 19.5 Å². The fourth-order valence-electron chi connectivity index (χ4n) is 1.78. The van der Waals surface area contributed by atoms with Gasteiger partial charge in [0, 0.05) is 5.56 Å². The monoisotopic (exact) mass is 243 g/mol. The topological polar surface area (TPSA) is 56.8 Å². The van der Waals surface area contributed by atoms with Crippen LogP contribution in [0.5, 0.6) is 11.5 Å². The maximum Gasteiger partial charge on any atom is 0.407 e. The van der Waals surface area contributed by atoms with Crippen LogP contribution in [0.15, 0.2) is 18.2 Å². The van der Waals surface area contributed by atoms with Gasteiger partial charge in [-0.2, -0.15) is 0 Å². The van der Waals surface area contributed by atoms with E-state index in [-0.39, 0.29) is 25.2 Å². The van der Waals surface area contributed by atoms with Crippen molar-refractivity contribution in [1.82, 2.24) is 5.32 Å².